The van der Waals surface area contributed by atoms with Crippen LogP contribution in [0.3, 0.4) is 0 Å². The Balaban J connectivity index is 1.35. The molecule has 8 nitrogen and oxygen atoms in total. The van der Waals surface area contributed by atoms with E-state index < -0.39 is 23.7 Å². The number of rotatable bonds is 5. The van der Waals surface area contributed by atoms with Crippen molar-refractivity contribution in [3.8, 4) is 11.5 Å². The summed E-state index contributed by atoms with van der Waals surface area (Å²) < 4.78 is 10.7. The molecule has 1 atom stereocenters. The van der Waals surface area contributed by atoms with Crippen LogP contribution in [0.4, 0.5) is 11.4 Å². The number of nitrogens with zero attached hydrogens (tertiary/aromatic N) is 2. The molecular formula is C26H16Cl4N2O6. The lowest BCUT2D eigenvalue weighted by Crippen LogP contribution is -2.29. The molecule has 5 rings (SSSR count). The maximum absolute atomic E-state index is 13.1. The number of methoxy groups -OCH3 is 1. The van der Waals surface area contributed by atoms with Crippen molar-refractivity contribution in [2.24, 2.45) is 5.92 Å². The predicted molar refractivity (Wildman–Crippen MR) is 143 cm³/mol. The molecule has 3 aromatic carbocycles. The lowest BCUT2D eigenvalue weighted by Gasteiger charge is -2.17. The summed E-state index contributed by atoms with van der Waals surface area (Å²) in [5.74, 6) is -2.35. The smallest absolute Gasteiger partial charge is 0.316 e. The highest BCUT2D eigenvalue weighted by atomic mass is 35.5. The minimum Gasteiger partial charge on any atom is -0.497 e. The first-order valence-corrected chi connectivity index (χ1v) is 12.6. The molecule has 0 saturated carbocycles. The molecule has 0 spiro atoms. The van der Waals surface area contributed by atoms with Crippen LogP contribution < -0.4 is 19.3 Å². The van der Waals surface area contributed by atoms with Gasteiger partial charge < -0.3 is 14.4 Å². The van der Waals surface area contributed by atoms with Crippen LogP contribution in [0.15, 0.2) is 48.5 Å². The molecule has 0 radical (unpaired) electrons. The second kappa shape index (κ2) is 10.1. The minimum absolute atomic E-state index is 0.0263. The molecule has 0 aromatic heterocycles. The monoisotopic (exact) mass is 592 g/mol. The van der Waals surface area contributed by atoms with Crippen LogP contribution >= 0.6 is 46.4 Å². The van der Waals surface area contributed by atoms with Gasteiger partial charge in [0.2, 0.25) is 5.91 Å². The number of carbonyl (C=O) groups excluding carboxylic acids is 4. The number of hydrogen-bond donors (Lipinski definition) is 0. The van der Waals surface area contributed by atoms with Gasteiger partial charge in [-0.2, -0.15) is 0 Å². The van der Waals surface area contributed by atoms with Crippen molar-refractivity contribution < 1.29 is 28.7 Å². The Hall–Kier alpha value is -3.30. The lowest BCUT2D eigenvalue weighted by atomic mass is 10.1. The molecule has 38 heavy (non-hydrogen) atoms. The number of benzene rings is 3. The molecule has 1 fully saturated rings. The highest BCUT2D eigenvalue weighted by Crippen LogP contribution is 2.46. The summed E-state index contributed by atoms with van der Waals surface area (Å²) in [6, 6.07) is 12.7. The Kier molecular flexibility index (Phi) is 7.00. The van der Waals surface area contributed by atoms with Gasteiger partial charge in [0.25, 0.3) is 11.8 Å². The van der Waals surface area contributed by atoms with Crippen molar-refractivity contribution in [3.05, 3.63) is 79.7 Å². The highest BCUT2D eigenvalue weighted by molar-refractivity contribution is 6.56. The van der Waals surface area contributed by atoms with Crippen molar-refractivity contribution in [3.63, 3.8) is 0 Å². The summed E-state index contributed by atoms with van der Waals surface area (Å²) >= 11 is 24.5. The molecule has 2 aliphatic heterocycles. The van der Waals surface area contributed by atoms with Crippen LogP contribution in [-0.2, 0) is 9.59 Å². The third-order valence-corrected chi connectivity index (χ3v) is 8.04. The molecule has 12 heteroatoms. The van der Waals surface area contributed by atoms with Gasteiger partial charge in [0, 0.05) is 24.7 Å². The van der Waals surface area contributed by atoms with Crippen LogP contribution in [0, 0.1) is 5.92 Å². The van der Waals surface area contributed by atoms with Crippen molar-refractivity contribution in [2.75, 3.05) is 23.5 Å². The van der Waals surface area contributed by atoms with E-state index >= 15 is 0 Å². The standard InChI is InChI=1S/C26H16Cl4N2O6/c1-37-15-7-5-13(6-8-15)31-11-12(9-17(31)33)26(36)38-16-4-2-3-14(10-16)32-24(34)18-19(25(32)35)21(28)23(30)22(29)20(18)27/h2-8,10,12H,9,11H2,1H3/t12-/m0/s1. The third-order valence-electron chi connectivity index (χ3n) is 6.24. The van der Waals surface area contributed by atoms with Gasteiger partial charge in [-0.3, -0.25) is 19.2 Å². The topological polar surface area (TPSA) is 93.2 Å². The summed E-state index contributed by atoms with van der Waals surface area (Å²) in [5, 5.41) is -0.659. The van der Waals surface area contributed by atoms with Gasteiger partial charge in [-0.1, -0.05) is 52.5 Å². The first-order valence-electron chi connectivity index (χ1n) is 11.1. The van der Waals surface area contributed by atoms with Crippen LogP contribution in [0.25, 0.3) is 0 Å². The summed E-state index contributed by atoms with van der Waals surface area (Å²) in [4.78, 5) is 54.1. The molecule has 0 unspecified atom stereocenters. The van der Waals surface area contributed by atoms with Gasteiger partial charge in [-0.05, 0) is 36.4 Å². The first kappa shape index (κ1) is 26.3. The van der Waals surface area contributed by atoms with Crippen molar-refractivity contribution in [1.29, 1.82) is 0 Å². The van der Waals surface area contributed by atoms with Crippen molar-refractivity contribution >= 4 is 81.5 Å². The zero-order valence-corrected chi connectivity index (χ0v) is 22.5. The Morgan fingerprint density at radius 1 is 0.816 bits per heavy atom. The van der Waals surface area contributed by atoms with Crippen LogP contribution in [0.5, 0.6) is 11.5 Å². The van der Waals surface area contributed by atoms with Crippen LogP contribution in [0.1, 0.15) is 27.1 Å². The minimum atomic E-state index is -0.754. The van der Waals surface area contributed by atoms with E-state index in [2.05, 4.69) is 0 Å². The third kappa shape index (κ3) is 4.37. The van der Waals surface area contributed by atoms with E-state index in [1.165, 1.54) is 29.2 Å². The fourth-order valence-corrected chi connectivity index (χ4v) is 5.36. The number of anilines is 2. The number of esters is 1. The number of halogens is 4. The van der Waals surface area contributed by atoms with E-state index in [4.69, 9.17) is 55.9 Å². The van der Waals surface area contributed by atoms with Crippen LogP contribution in [0.2, 0.25) is 20.1 Å². The molecule has 1 saturated heterocycles. The van der Waals surface area contributed by atoms with E-state index in [0.717, 1.165) is 4.90 Å². The molecule has 2 aliphatic rings. The fraction of sp³-hybridized carbons (Fsp3) is 0.154. The SMILES string of the molecule is COc1ccc(N2C[C@@H](C(=O)Oc3cccc(N4C(=O)c5c(Cl)c(Cl)c(Cl)c(Cl)c5C4=O)c3)CC2=O)cc1. The average Bonchev–Trinajstić information content (AvgIpc) is 3.43. The predicted octanol–water partition coefficient (Wildman–Crippen LogP) is 6.07. The first-order chi connectivity index (χ1) is 18.1. The van der Waals surface area contributed by atoms with Crippen molar-refractivity contribution in [2.45, 2.75) is 6.42 Å². The normalized spacial score (nSPS) is 16.8. The molecule has 0 aliphatic carbocycles. The number of carbonyl (C=O) groups is 4. The number of fused-ring (bicyclic) bond motifs is 1. The van der Waals surface area contributed by atoms with Gasteiger partial charge in [0.1, 0.15) is 11.5 Å². The van der Waals surface area contributed by atoms with E-state index in [0.29, 0.717) is 11.4 Å². The Morgan fingerprint density at radius 2 is 1.42 bits per heavy atom. The van der Waals surface area contributed by atoms with E-state index in [1.54, 1.807) is 31.4 Å². The molecule has 3 amide bonds. The quantitative estimate of drug-likeness (QED) is 0.117. The van der Waals surface area contributed by atoms with Crippen molar-refractivity contribution in [1.82, 2.24) is 0 Å². The van der Waals surface area contributed by atoms with Gasteiger partial charge in [0.15, 0.2) is 0 Å². The Bertz CT molecular complexity index is 1480. The zero-order valence-electron chi connectivity index (χ0n) is 19.5. The molecule has 194 valence electrons. The van der Waals surface area contributed by atoms with Gasteiger partial charge in [-0.25, -0.2) is 4.90 Å². The molecule has 2 heterocycles. The highest BCUT2D eigenvalue weighted by Gasteiger charge is 2.43. The zero-order chi connectivity index (χ0) is 27.3. The van der Waals surface area contributed by atoms with Gasteiger partial charge >= 0.3 is 5.97 Å². The number of ether oxygens (including phenoxy) is 2. The van der Waals surface area contributed by atoms with E-state index in [-0.39, 0.29) is 61.5 Å². The van der Waals surface area contributed by atoms with Gasteiger partial charge in [-0.15, -0.1) is 0 Å². The Labute approximate surface area is 236 Å². The molecule has 0 N–H and O–H groups in total. The fourth-order valence-electron chi connectivity index (χ4n) is 4.35. The number of amides is 3. The maximum atomic E-state index is 13.1. The van der Waals surface area contributed by atoms with E-state index in [1.807, 2.05) is 0 Å². The van der Waals surface area contributed by atoms with Gasteiger partial charge in [0.05, 0.1) is 49.9 Å². The van der Waals surface area contributed by atoms with Crippen LogP contribution in [-0.4, -0.2) is 37.3 Å². The average molecular weight is 594 g/mol. The Morgan fingerprint density at radius 3 is 2.00 bits per heavy atom. The largest absolute Gasteiger partial charge is 0.497 e. The second-order valence-electron chi connectivity index (χ2n) is 8.47. The van der Waals surface area contributed by atoms with E-state index in [9.17, 15) is 19.2 Å². The summed E-state index contributed by atoms with van der Waals surface area (Å²) in [7, 11) is 1.54. The molecular weight excluding hydrogens is 578 g/mol. The summed E-state index contributed by atoms with van der Waals surface area (Å²) in [6.07, 6.45) is -0.0263. The number of imide groups is 1. The summed E-state index contributed by atoms with van der Waals surface area (Å²) in [6.45, 7) is 0.139. The molecule has 0 bridgehead atoms. The molecule has 3 aromatic rings. The number of hydrogen-bond acceptors (Lipinski definition) is 6. The lowest BCUT2D eigenvalue weighted by molar-refractivity contribution is -0.139. The maximum Gasteiger partial charge on any atom is 0.316 e. The second-order valence-corrected chi connectivity index (χ2v) is 9.99. The summed E-state index contributed by atoms with van der Waals surface area (Å²) in [5.41, 5.74) is 0.419.